The van der Waals surface area contributed by atoms with E-state index in [1.807, 2.05) is 6.07 Å². The summed E-state index contributed by atoms with van der Waals surface area (Å²) in [5.74, 6) is -0.990. The van der Waals surface area contributed by atoms with Crippen molar-refractivity contribution >= 4 is 40.3 Å². The monoisotopic (exact) mass is 298 g/mol. The third kappa shape index (κ3) is 2.53. The molecule has 0 atom stereocenters. The number of hydrogen-bond acceptors (Lipinski definition) is 2. The van der Waals surface area contributed by atoms with Gasteiger partial charge in [0.25, 0.3) is 0 Å². The normalized spacial score (nSPS) is 11.8. The first-order valence-corrected chi connectivity index (χ1v) is 6.66. The Balaban J connectivity index is 2.19. The Hall–Kier alpha value is -2.59. The van der Waals surface area contributed by atoms with Gasteiger partial charge in [-0.1, -0.05) is 41.9 Å². The molecule has 2 N–H and O–H groups in total. The van der Waals surface area contributed by atoms with E-state index in [1.54, 1.807) is 48.8 Å². The number of nitrogens with zero attached hydrogens (tertiary/aromatic N) is 1. The molecule has 104 valence electrons. The van der Waals surface area contributed by atoms with Crippen molar-refractivity contribution in [2.24, 2.45) is 0 Å². The number of nitrogens with one attached hydrogen (secondary N) is 1. The van der Waals surface area contributed by atoms with E-state index < -0.39 is 5.97 Å². The molecule has 2 heterocycles. The minimum absolute atomic E-state index is 0.205. The standard InChI is InChI=1S/C16H11ClN2O2/c17-13-6-7-18-15-14(13)11(9-19-15)8-12(16(20)21)10-4-2-1-3-5-10/h1-9H,(H,18,19)(H,20,21)/b12-8+. The van der Waals surface area contributed by atoms with Gasteiger partial charge < -0.3 is 10.1 Å². The summed E-state index contributed by atoms with van der Waals surface area (Å²) in [5.41, 5.74) is 2.17. The molecule has 4 nitrogen and oxygen atoms in total. The van der Waals surface area contributed by atoms with Gasteiger partial charge in [0.1, 0.15) is 5.65 Å². The molecule has 3 rings (SSSR count). The van der Waals surface area contributed by atoms with E-state index in [0.29, 0.717) is 27.2 Å². The first-order valence-electron chi connectivity index (χ1n) is 6.29. The van der Waals surface area contributed by atoms with Gasteiger partial charge in [-0.3, -0.25) is 0 Å². The second-order valence-electron chi connectivity index (χ2n) is 4.49. The number of rotatable bonds is 3. The van der Waals surface area contributed by atoms with Crippen LogP contribution in [0.5, 0.6) is 0 Å². The van der Waals surface area contributed by atoms with Crippen LogP contribution in [0.15, 0.2) is 48.8 Å². The minimum atomic E-state index is -0.990. The smallest absolute Gasteiger partial charge is 0.336 e. The number of aromatic nitrogens is 2. The van der Waals surface area contributed by atoms with Gasteiger partial charge >= 0.3 is 5.97 Å². The molecule has 0 amide bonds. The molecule has 21 heavy (non-hydrogen) atoms. The van der Waals surface area contributed by atoms with Crippen LogP contribution in [0.25, 0.3) is 22.7 Å². The number of carbonyl (C=O) groups is 1. The summed E-state index contributed by atoms with van der Waals surface area (Å²) in [6.45, 7) is 0. The molecule has 0 spiro atoms. The van der Waals surface area contributed by atoms with Crippen LogP contribution < -0.4 is 0 Å². The first-order chi connectivity index (χ1) is 10.2. The lowest BCUT2D eigenvalue weighted by atomic mass is 10.0. The summed E-state index contributed by atoms with van der Waals surface area (Å²) < 4.78 is 0. The fourth-order valence-corrected chi connectivity index (χ4v) is 2.45. The highest BCUT2D eigenvalue weighted by Crippen LogP contribution is 2.28. The molecule has 0 aliphatic carbocycles. The number of pyridine rings is 1. The fourth-order valence-electron chi connectivity index (χ4n) is 2.20. The van der Waals surface area contributed by atoms with Gasteiger partial charge in [-0.15, -0.1) is 0 Å². The molecule has 0 saturated carbocycles. The fraction of sp³-hybridized carbons (Fsp3) is 0. The summed E-state index contributed by atoms with van der Waals surface area (Å²) in [5, 5.41) is 10.7. The van der Waals surface area contributed by atoms with Gasteiger partial charge in [0.05, 0.1) is 10.6 Å². The van der Waals surface area contributed by atoms with E-state index in [9.17, 15) is 9.90 Å². The molecule has 0 aliphatic rings. The molecule has 5 heteroatoms. The molecule has 0 aliphatic heterocycles. The average Bonchev–Trinajstić information content (AvgIpc) is 2.90. The number of hydrogen-bond donors (Lipinski definition) is 2. The van der Waals surface area contributed by atoms with Crippen molar-refractivity contribution in [3.63, 3.8) is 0 Å². The number of aliphatic carboxylic acids is 1. The zero-order chi connectivity index (χ0) is 14.8. The van der Waals surface area contributed by atoms with Crippen molar-refractivity contribution in [3.8, 4) is 0 Å². The zero-order valence-electron chi connectivity index (χ0n) is 10.9. The number of aromatic amines is 1. The molecule has 0 unspecified atom stereocenters. The lowest BCUT2D eigenvalue weighted by Gasteiger charge is -2.02. The highest BCUT2D eigenvalue weighted by Gasteiger charge is 2.13. The van der Waals surface area contributed by atoms with Gasteiger partial charge in [-0.25, -0.2) is 9.78 Å². The number of halogens is 1. The SMILES string of the molecule is O=C(O)/C(=C/c1c[nH]c2nccc(Cl)c12)c1ccccc1. The van der Waals surface area contributed by atoms with Gasteiger partial charge in [-0.05, 0) is 17.7 Å². The Labute approximate surface area is 125 Å². The van der Waals surface area contributed by atoms with Gasteiger partial charge in [0, 0.05) is 23.3 Å². The average molecular weight is 299 g/mol. The predicted molar refractivity (Wildman–Crippen MR) is 83.1 cm³/mol. The van der Waals surface area contributed by atoms with E-state index in [-0.39, 0.29) is 5.57 Å². The van der Waals surface area contributed by atoms with Crippen molar-refractivity contribution < 1.29 is 9.90 Å². The summed E-state index contributed by atoms with van der Waals surface area (Å²) in [7, 11) is 0. The van der Waals surface area contributed by atoms with Crippen molar-refractivity contribution in [2.75, 3.05) is 0 Å². The van der Waals surface area contributed by atoms with E-state index in [0.717, 1.165) is 0 Å². The molecular formula is C16H11ClN2O2. The van der Waals surface area contributed by atoms with Crippen LogP contribution in [-0.2, 0) is 4.79 Å². The zero-order valence-corrected chi connectivity index (χ0v) is 11.6. The maximum Gasteiger partial charge on any atom is 0.336 e. The van der Waals surface area contributed by atoms with Crippen LogP contribution in [0.4, 0.5) is 0 Å². The number of H-pyrrole nitrogens is 1. The van der Waals surface area contributed by atoms with Gasteiger partial charge in [0.2, 0.25) is 0 Å². The number of carboxylic acid groups (broad SMARTS) is 1. The predicted octanol–water partition coefficient (Wildman–Crippen LogP) is 3.84. The Kier molecular flexibility index (Phi) is 3.46. The lowest BCUT2D eigenvalue weighted by Crippen LogP contribution is -1.99. The summed E-state index contributed by atoms with van der Waals surface area (Å²) in [6, 6.07) is 10.6. The number of benzene rings is 1. The van der Waals surface area contributed by atoms with Crippen LogP contribution in [0, 0.1) is 0 Å². The number of fused-ring (bicyclic) bond motifs is 1. The quantitative estimate of drug-likeness (QED) is 0.722. The van der Waals surface area contributed by atoms with Crippen molar-refractivity contribution in [2.45, 2.75) is 0 Å². The molecule has 0 fully saturated rings. The number of carboxylic acids is 1. The van der Waals surface area contributed by atoms with Crippen LogP contribution in [0.3, 0.4) is 0 Å². The van der Waals surface area contributed by atoms with Gasteiger partial charge in [0.15, 0.2) is 0 Å². The highest BCUT2D eigenvalue weighted by atomic mass is 35.5. The van der Waals surface area contributed by atoms with Crippen LogP contribution >= 0.6 is 11.6 Å². The third-order valence-corrected chi connectivity index (χ3v) is 3.48. The molecule has 2 aromatic heterocycles. The van der Waals surface area contributed by atoms with Crippen molar-refractivity contribution in [3.05, 3.63) is 64.9 Å². The molecule has 0 saturated heterocycles. The summed E-state index contributed by atoms with van der Waals surface area (Å²) in [6.07, 6.45) is 4.91. The molecule has 1 aromatic carbocycles. The maximum absolute atomic E-state index is 11.5. The Bertz CT molecular complexity index is 838. The van der Waals surface area contributed by atoms with E-state index in [2.05, 4.69) is 9.97 Å². The first kappa shape index (κ1) is 13.4. The molecular weight excluding hydrogens is 288 g/mol. The summed E-state index contributed by atoms with van der Waals surface area (Å²) >= 11 is 6.18. The molecule has 0 bridgehead atoms. The Morgan fingerprint density at radius 3 is 2.71 bits per heavy atom. The summed E-state index contributed by atoms with van der Waals surface area (Å²) in [4.78, 5) is 18.7. The largest absolute Gasteiger partial charge is 0.478 e. The molecule has 3 aromatic rings. The third-order valence-electron chi connectivity index (χ3n) is 3.17. The van der Waals surface area contributed by atoms with E-state index in [1.165, 1.54) is 0 Å². The van der Waals surface area contributed by atoms with Crippen LogP contribution in [0.1, 0.15) is 11.1 Å². The van der Waals surface area contributed by atoms with Crippen molar-refractivity contribution in [1.29, 1.82) is 0 Å². The van der Waals surface area contributed by atoms with Crippen LogP contribution in [-0.4, -0.2) is 21.0 Å². The molecule has 0 radical (unpaired) electrons. The lowest BCUT2D eigenvalue weighted by molar-refractivity contribution is -0.130. The minimum Gasteiger partial charge on any atom is -0.478 e. The van der Waals surface area contributed by atoms with Crippen LogP contribution in [0.2, 0.25) is 5.02 Å². The highest BCUT2D eigenvalue weighted by molar-refractivity contribution is 6.36. The topological polar surface area (TPSA) is 66.0 Å². The Morgan fingerprint density at radius 1 is 1.24 bits per heavy atom. The maximum atomic E-state index is 11.5. The van der Waals surface area contributed by atoms with Gasteiger partial charge in [-0.2, -0.15) is 0 Å². The van der Waals surface area contributed by atoms with Crippen molar-refractivity contribution in [1.82, 2.24) is 9.97 Å². The van der Waals surface area contributed by atoms with E-state index in [4.69, 9.17) is 11.6 Å². The Morgan fingerprint density at radius 2 is 2.00 bits per heavy atom. The second-order valence-corrected chi connectivity index (χ2v) is 4.90. The second kappa shape index (κ2) is 5.42. The van der Waals surface area contributed by atoms with E-state index >= 15 is 0 Å².